The van der Waals surface area contributed by atoms with Gasteiger partial charge in [0.15, 0.2) is 0 Å². The van der Waals surface area contributed by atoms with Crippen molar-refractivity contribution >= 4 is 51.0 Å². The summed E-state index contributed by atoms with van der Waals surface area (Å²) in [5.41, 5.74) is 2.81. The molecule has 4 atom stereocenters. The van der Waals surface area contributed by atoms with E-state index in [0.29, 0.717) is 18.1 Å². The number of ketones is 1. The number of allylic oxidation sites excluding steroid dienone is 3. The van der Waals surface area contributed by atoms with E-state index >= 15 is 0 Å². The van der Waals surface area contributed by atoms with Crippen molar-refractivity contribution in [3.05, 3.63) is 20.8 Å². The van der Waals surface area contributed by atoms with Gasteiger partial charge in [-0.05, 0) is 116 Å². The molecule has 31 heavy (non-hydrogen) atoms. The van der Waals surface area contributed by atoms with Gasteiger partial charge < -0.3 is 4.74 Å². The summed E-state index contributed by atoms with van der Waals surface area (Å²) < 4.78 is 9.40. The summed E-state index contributed by atoms with van der Waals surface area (Å²) in [6.07, 6.45) is 14.2. The topological polar surface area (TPSA) is 26.3 Å². The Hall–Kier alpha value is 0.570. The lowest BCUT2D eigenvalue weighted by Gasteiger charge is -2.45. The highest BCUT2D eigenvalue weighted by Crippen LogP contribution is 2.42. The fraction of sp³-hybridized carbons (Fsp3) is 0.815. The first-order valence-electron chi connectivity index (χ1n) is 12.4. The smallest absolute Gasteiger partial charge is 0.135 e. The molecule has 2 nitrogen and oxygen atoms in total. The van der Waals surface area contributed by atoms with Crippen molar-refractivity contribution in [2.75, 3.05) is 4.43 Å². The number of Topliss-reactive ketones (excluding diaryl/α,β-unsaturated/α-hetero) is 1. The standard InChI is InChI=1S/C27H46I2O2/c1-7-9-11-23(8-2)26-18-21(5)19-27(31-26,16-17-28)15-10-12-25(30)22(6)13-14-24(29)20(3)4/h8,21-22,26H,7,9-19H2,1-6H3/b23-8+. The average molecular weight is 656 g/mol. The molecule has 1 fully saturated rings. The Morgan fingerprint density at radius 3 is 2.48 bits per heavy atom. The van der Waals surface area contributed by atoms with Gasteiger partial charge in [0, 0.05) is 16.8 Å². The van der Waals surface area contributed by atoms with Crippen LogP contribution in [0.25, 0.3) is 0 Å². The first kappa shape index (κ1) is 29.6. The monoisotopic (exact) mass is 656 g/mol. The molecule has 0 radical (unpaired) electrons. The molecule has 0 aromatic heterocycles. The number of hydrogen-bond donors (Lipinski definition) is 0. The van der Waals surface area contributed by atoms with Crippen LogP contribution in [-0.2, 0) is 9.53 Å². The van der Waals surface area contributed by atoms with Crippen molar-refractivity contribution in [3.63, 3.8) is 0 Å². The van der Waals surface area contributed by atoms with Crippen molar-refractivity contribution in [2.24, 2.45) is 11.8 Å². The molecule has 0 bridgehead atoms. The van der Waals surface area contributed by atoms with Crippen LogP contribution in [0.4, 0.5) is 0 Å². The Bertz CT molecular complexity index is 606. The highest BCUT2D eigenvalue weighted by Gasteiger charge is 2.40. The predicted octanol–water partition coefficient (Wildman–Crippen LogP) is 9.39. The molecule has 0 spiro atoms. The summed E-state index contributed by atoms with van der Waals surface area (Å²) in [5, 5.41) is 0. The van der Waals surface area contributed by atoms with E-state index in [1.54, 1.807) is 0 Å². The molecule has 1 aliphatic rings. The summed E-state index contributed by atoms with van der Waals surface area (Å²) in [4.78, 5) is 12.8. The molecule has 0 aliphatic carbocycles. The molecule has 4 unspecified atom stereocenters. The maximum atomic E-state index is 12.8. The van der Waals surface area contributed by atoms with Gasteiger partial charge in [-0.2, -0.15) is 0 Å². The van der Waals surface area contributed by atoms with E-state index < -0.39 is 0 Å². The van der Waals surface area contributed by atoms with E-state index in [1.807, 2.05) is 0 Å². The minimum atomic E-state index is -0.0506. The van der Waals surface area contributed by atoms with E-state index in [1.165, 1.54) is 27.6 Å². The van der Waals surface area contributed by atoms with Gasteiger partial charge in [0.1, 0.15) is 5.78 Å². The normalized spacial score (nSPS) is 25.4. The lowest BCUT2D eigenvalue weighted by molar-refractivity contribution is -0.138. The number of hydrogen-bond acceptors (Lipinski definition) is 2. The molecule has 0 aromatic rings. The molecule has 0 aromatic carbocycles. The van der Waals surface area contributed by atoms with Crippen molar-refractivity contribution in [1.29, 1.82) is 0 Å². The second kappa shape index (κ2) is 15.5. The summed E-state index contributed by atoms with van der Waals surface area (Å²) in [6, 6.07) is 0. The highest BCUT2D eigenvalue weighted by molar-refractivity contribution is 14.1. The third kappa shape index (κ3) is 10.6. The van der Waals surface area contributed by atoms with Gasteiger partial charge in [-0.25, -0.2) is 0 Å². The van der Waals surface area contributed by atoms with Crippen LogP contribution in [0.15, 0.2) is 20.8 Å². The van der Waals surface area contributed by atoms with E-state index in [4.69, 9.17) is 4.74 Å². The highest BCUT2D eigenvalue weighted by atomic mass is 127. The first-order chi connectivity index (χ1) is 14.7. The number of ether oxygens (including phenoxy) is 1. The first-order valence-corrected chi connectivity index (χ1v) is 15.0. The zero-order chi connectivity index (χ0) is 23.4. The van der Waals surface area contributed by atoms with Gasteiger partial charge in [-0.15, -0.1) is 0 Å². The van der Waals surface area contributed by atoms with Crippen LogP contribution >= 0.6 is 45.2 Å². The van der Waals surface area contributed by atoms with Gasteiger partial charge in [0.25, 0.3) is 0 Å². The van der Waals surface area contributed by atoms with Gasteiger partial charge in [0.05, 0.1) is 11.7 Å². The van der Waals surface area contributed by atoms with Gasteiger partial charge >= 0.3 is 0 Å². The minimum Gasteiger partial charge on any atom is -0.367 e. The lowest BCUT2D eigenvalue weighted by Crippen LogP contribution is -2.45. The molecule has 0 amide bonds. The Morgan fingerprint density at radius 1 is 1.19 bits per heavy atom. The van der Waals surface area contributed by atoms with Crippen LogP contribution in [-0.4, -0.2) is 21.9 Å². The molecule has 1 heterocycles. The average Bonchev–Trinajstić information content (AvgIpc) is 2.71. The van der Waals surface area contributed by atoms with E-state index in [-0.39, 0.29) is 17.6 Å². The molecule has 0 saturated carbocycles. The predicted molar refractivity (Wildman–Crippen MR) is 152 cm³/mol. The fourth-order valence-electron chi connectivity index (χ4n) is 4.79. The molecule has 180 valence electrons. The Kier molecular flexibility index (Phi) is 14.8. The number of carbonyl (C=O) groups is 1. The van der Waals surface area contributed by atoms with Crippen molar-refractivity contribution in [3.8, 4) is 0 Å². The summed E-state index contributed by atoms with van der Waals surface area (Å²) in [6.45, 7) is 13.2. The molecule has 1 rings (SSSR count). The zero-order valence-corrected chi connectivity index (χ0v) is 25.2. The van der Waals surface area contributed by atoms with Crippen LogP contribution in [0.5, 0.6) is 0 Å². The Labute approximate surface area is 220 Å². The van der Waals surface area contributed by atoms with Gasteiger partial charge in [-0.1, -0.05) is 61.4 Å². The fourth-order valence-corrected chi connectivity index (χ4v) is 6.08. The summed E-state index contributed by atoms with van der Waals surface area (Å²) >= 11 is 4.92. The molecule has 1 aliphatic heterocycles. The molecular formula is C27H46I2O2. The molecular weight excluding hydrogens is 610 g/mol. The second-order valence-electron chi connectivity index (χ2n) is 9.91. The van der Waals surface area contributed by atoms with Crippen LogP contribution in [0.3, 0.4) is 0 Å². The Balaban J connectivity index is 2.70. The van der Waals surface area contributed by atoms with Gasteiger partial charge in [0.2, 0.25) is 0 Å². The number of alkyl halides is 1. The quantitative estimate of drug-likeness (QED) is 0.106. The SMILES string of the molecule is C/C=C(\CCCC)C1CC(C)CC(CCI)(CCCC(=O)C(C)CCC(I)=C(C)C)O1. The number of unbranched alkanes of at least 4 members (excludes halogenated alkanes) is 1. The molecule has 4 heteroatoms. The van der Waals surface area contributed by atoms with Crippen LogP contribution in [0, 0.1) is 11.8 Å². The van der Waals surface area contributed by atoms with Crippen molar-refractivity contribution in [1.82, 2.24) is 0 Å². The van der Waals surface area contributed by atoms with E-state index in [2.05, 4.69) is 92.8 Å². The van der Waals surface area contributed by atoms with Crippen LogP contribution in [0.2, 0.25) is 0 Å². The number of halogens is 2. The zero-order valence-electron chi connectivity index (χ0n) is 20.9. The van der Waals surface area contributed by atoms with Crippen molar-refractivity contribution in [2.45, 2.75) is 124 Å². The van der Waals surface area contributed by atoms with Crippen LogP contribution < -0.4 is 0 Å². The molecule has 0 N–H and O–H groups in total. The summed E-state index contributed by atoms with van der Waals surface area (Å²) in [7, 11) is 0. The van der Waals surface area contributed by atoms with Crippen molar-refractivity contribution < 1.29 is 9.53 Å². The third-order valence-electron chi connectivity index (χ3n) is 6.83. The van der Waals surface area contributed by atoms with Crippen LogP contribution in [0.1, 0.15) is 112 Å². The maximum absolute atomic E-state index is 12.8. The second-order valence-corrected chi connectivity index (χ2v) is 12.3. The van der Waals surface area contributed by atoms with E-state index in [9.17, 15) is 4.79 Å². The lowest BCUT2D eigenvalue weighted by atomic mass is 9.78. The summed E-state index contributed by atoms with van der Waals surface area (Å²) in [5.74, 6) is 1.27. The maximum Gasteiger partial charge on any atom is 0.135 e. The largest absolute Gasteiger partial charge is 0.367 e. The van der Waals surface area contributed by atoms with E-state index in [0.717, 1.165) is 55.8 Å². The minimum absolute atomic E-state index is 0.0506. The Morgan fingerprint density at radius 2 is 1.90 bits per heavy atom. The van der Waals surface area contributed by atoms with Gasteiger partial charge in [-0.3, -0.25) is 4.79 Å². The number of carbonyl (C=O) groups excluding carboxylic acids is 1. The third-order valence-corrected chi connectivity index (χ3v) is 8.98. The number of rotatable bonds is 14. The molecule has 1 saturated heterocycles.